The van der Waals surface area contributed by atoms with Gasteiger partial charge < -0.3 is 25.2 Å². The number of methoxy groups -OCH3 is 1. The van der Waals surface area contributed by atoms with Crippen LogP contribution < -0.4 is 15.4 Å². The fraction of sp³-hybridized carbons (Fsp3) is 0.385. The van der Waals surface area contributed by atoms with Gasteiger partial charge >= 0.3 is 12.0 Å². The van der Waals surface area contributed by atoms with Crippen LogP contribution in [0.25, 0.3) is 0 Å². The van der Waals surface area contributed by atoms with Gasteiger partial charge in [0.2, 0.25) is 0 Å². The molecule has 20 heavy (non-hydrogen) atoms. The first kappa shape index (κ1) is 15.8. The van der Waals surface area contributed by atoms with E-state index in [0.29, 0.717) is 18.0 Å². The average Bonchev–Trinajstić information content (AvgIpc) is 2.43. The quantitative estimate of drug-likeness (QED) is 0.700. The SMILES string of the molecule is COC(C)CNC(=O)Nc1ccccc1OCC(=O)O. The number of aliphatic carboxylic acids is 1. The number of amides is 2. The number of carboxylic acid groups (broad SMARTS) is 1. The summed E-state index contributed by atoms with van der Waals surface area (Å²) >= 11 is 0. The zero-order valence-electron chi connectivity index (χ0n) is 11.4. The zero-order valence-corrected chi connectivity index (χ0v) is 11.4. The summed E-state index contributed by atoms with van der Waals surface area (Å²) in [5.74, 6) is -0.789. The van der Waals surface area contributed by atoms with Crippen LogP contribution in [0.5, 0.6) is 5.75 Å². The summed E-state index contributed by atoms with van der Waals surface area (Å²) in [5, 5.41) is 13.8. The number of para-hydroxylation sites is 2. The molecule has 0 spiro atoms. The summed E-state index contributed by atoms with van der Waals surface area (Å²) in [5.41, 5.74) is 0.399. The Hall–Kier alpha value is -2.28. The third kappa shape index (κ3) is 5.57. The average molecular weight is 282 g/mol. The number of hydrogen-bond acceptors (Lipinski definition) is 4. The number of benzene rings is 1. The maximum absolute atomic E-state index is 11.7. The van der Waals surface area contributed by atoms with Gasteiger partial charge in [0, 0.05) is 13.7 Å². The lowest BCUT2D eigenvalue weighted by Gasteiger charge is -2.14. The Labute approximate surface area is 116 Å². The van der Waals surface area contributed by atoms with Crippen LogP contribution in [0.15, 0.2) is 24.3 Å². The summed E-state index contributed by atoms with van der Waals surface area (Å²) in [7, 11) is 1.55. The van der Waals surface area contributed by atoms with Gasteiger partial charge in [0.25, 0.3) is 0 Å². The predicted molar refractivity (Wildman–Crippen MR) is 73.1 cm³/mol. The van der Waals surface area contributed by atoms with Crippen LogP contribution in [0, 0.1) is 0 Å². The van der Waals surface area contributed by atoms with Gasteiger partial charge in [-0.1, -0.05) is 12.1 Å². The van der Waals surface area contributed by atoms with Crippen molar-refractivity contribution in [1.82, 2.24) is 5.32 Å². The van der Waals surface area contributed by atoms with Gasteiger partial charge in [-0.3, -0.25) is 0 Å². The second-order valence-electron chi connectivity index (χ2n) is 4.06. The highest BCUT2D eigenvalue weighted by Gasteiger charge is 2.09. The summed E-state index contributed by atoms with van der Waals surface area (Å²) in [6.45, 7) is 1.71. The minimum absolute atomic E-state index is 0.0979. The van der Waals surface area contributed by atoms with E-state index in [9.17, 15) is 9.59 Å². The molecule has 2 amide bonds. The maximum atomic E-state index is 11.7. The van der Waals surface area contributed by atoms with E-state index in [2.05, 4.69) is 10.6 Å². The van der Waals surface area contributed by atoms with Crippen molar-refractivity contribution in [1.29, 1.82) is 0 Å². The minimum Gasteiger partial charge on any atom is -0.480 e. The van der Waals surface area contributed by atoms with E-state index < -0.39 is 18.6 Å². The van der Waals surface area contributed by atoms with Crippen molar-refractivity contribution >= 4 is 17.7 Å². The number of carbonyl (C=O) groups is 2. The molecule has 0 heterocycles. The van der Waals surface area contributed by atoms with Gasteiger partial charge in [0.05, 0.1) is 11.8 Å². The van der Waals surface area contributed by atoms with Crippen molar-refractivity contribution in [2.75, 3.05) is 25.6 Å². The van der Waals surface area contributed by atoms with E-state index in [0.717, 1.165) is 0 Å². The van der Waals surface area contributed by atoms with Crippen molar-refractivity contribution in [2.24, 2.45) is 0 Å². The lowest BCUT2D eigenvalue weighted by molar-refractivity contribution is -0.139. The van der Waals surface area contributed by atoms with Crippen LogP contribution in [0.2, 0.25) is 0 Å². The molecule has 0 bridgehead atoms. The van der Waals surface area contributed by atoms with Crippen molar-refractivity contribution in [2.45, 2.75) is 13.0 Å². The van der Waals surface area contributed by atoms with E-state index in [1.165, 1.54) is 0 Å². The third-order valence-corrected chi connectivity index (χ3v) is 2.44. The lowest BCUT2D eigenvalue weighted by atomic mass is 10.3. The molecule has 1 aromatic rings. The summed E-state index contributed by atoms with van der Waals surface area (Å²) in [4.78, 5) is 22.2. The second-order valence-corrected chi connectivity index (χ2v) is 4.06. The van der Waals surface area contributed by atoms with Crippen LogP contribution >= 0.6 is 0 Å². The molecular weight excluding hydrogens is 264 g/mol. The first-order valence-electron chi connectivity index (χ1n) is 6.04. The Morgan fingerprint density at radius 1 is 1.35 bits per heavy atom. The van der Waals surface area contributed by atoms with Crippen LogP contribution in [0.4, 0.5) is 10.5 Å². The molecule has 0 aliphatic heterocycles. The normalized spacial score (nSPS) is 11.5. The fourth-order valence-electron chi connectivity index (χ4n) is 1.32. The molecule has 1 aromatic carbocycles. The fourth-order valence-corrected chi connectivity index (χ4v) is 1.32. The third-order valence-electron chi connectivity index (χ3n) is 2.44. The van der Waals surface area contributed by atoms with Crippen LogP contribution in [-0.4, -0.2) is 43.5 Å². The van der Waals surface area contributed by atoms with E-state index in [4.69, 9.17) is 14.6 Å². The van der Waals surface area contributed by atoms with Gasteiger partial charge in [0.15, 0.2) is 6.61 Å². The Balaban J connectivity index is 2.57. The highest BCUT2D eigenvalue weighted by molar-refractivity contribution is 5.90. The Bertz CT molecular complexity index is 464. The molecular formula is C13H18N2O5. The Kier molecular flexibility index (Phi) is 6.31. The molecule has 1 unspecified atom stereocenters. The highest BCUT2D eigenvalue weighted by Crippen LogP contribution is 2.23. The molecule has 110 valence electrons. The van der Waals surface area contributed by atoms with Crippen LogP contribution in [0.3, 0.4) is 0 Å². The topological polar surface area (TPSA) is 96.9 Å². The van der Waals surface area contributed by atoms with Gasteiger partial charge in [-0.25, -0.2) is 9.59 Å². The summed E-state index contributed by atoms with van der Waals surface area (Å²) in [6, 6.07) is 6.18. The molecule has 7 nitrogen and oxygen atoms in total. The summed E-state index contributed by atoms with van der Waals surface area (Å²) in [6.07, 6.45) is -0.0979. The molecule has 1 rings (SSSR count). The molecule has 0 saturated heterocycles. The number of urea groups is 1. The largest absolute Gasteiger partial charge is 0.480 e. The number of anilines is 1. The number of carboxylic acids is 1. The monoisotopic (exact) mass is 282 g/mol. The molecule has 0 radical (unpaired) electrons. The highest BCUT2D eigenvalue weighted by atomic mass is 16.5. The number of rotatable bonds is 7. The first-order chi connectivity index (χ1) is 9.52. The number of carbonyl (C=O) groups excluding carboxylic acids is 1. The lowest BCUT2D eigenvalue weighted by Crippen LogP contribution is -2.35. The maximum Gasteiger partial charge on any atom is 0.341 e. The van der Waals surface area contributed by atoms with Crippen molar-refractivity contribution < 1.29 is 24.2 Å². The minimum atomic E-state index is -1.09. The molecule has 7 heteroatoms. The molecule has 0 aliphatic carbocycles. The number of hydrogen-bond donors (Lipinski definition) is 3. The molecule has 3 N–H and O–H groups in total. The smallest absolute Gasteiger partial charge is 0.341 e. The van der Waals surface area contributed by atoms with Crippen molar-refractivity contribution in [3.63, 3.8) is 0 Å². The molecule has 0 saturated carbocycles. The molecule has 0 fully saturated rings. The van der Waals surface area contributed by atoms with Gasteiger partial charge in [-0.05, 0) is 19.1 Å². The predicted octanol–water partition coefficient (Wildman–Crippen LogP) is 1.31. The van der Waals surface area contributed by atoms with Gasteiger partial charge in [-0.15, -0.1) is 0 Å². The molecule has 0 aromatic heterocycles. The summed E-state index contributed by atoms with van der Waals surface area (Å²) < 4.78 is 10.1. The van der Waals surface area contributed by atoms with Crippen LogP contribution in [-0.2, 0) is 9.53 Å². The first-order valence-corrected chi connectivity index (χ1v) is 6.04. The number of nitrogens with one attached hydrogen (secondary N) is 2. The van der Waals surface area contributed by atoms with E-state index in [-0.39, 0.29) is 6.10 Å². The molecule has 0 aliphatic rings. The second kappa shape index (κ2) is 8.00. The Morgan fingerprint density at radius 2 is 2.05 bits per heavy atom. The van der Waals surface area contributed by atoms with Crippen LogP contribution in [0.1, 0.15) is 6.92 Å². The number of ether oxygens (including phenoxy) is 2. The van der Waals surface area contributed by atoms with E-state index in [1.807, 2.05) is 6.92 Å². The van der Waals surface area contributed by atoms with Gasteiger partial charge in [-0.2, -0.15) is 0 Å². The zero-order chi connectivity index (χ0) is 15.0. The van der Waals surface area contributed by atoms with Crippen molar-refractivity contribution in [3.05, 3.63) is 24.3 Å². The molecule has 1 atom stereocenters. The standard InChI is InChI=1S/C13H18N2O5/c1-9(19-2)7-14-13(18)15-10-5-3-4-6-11(10)20-8-12(16)17/h3-6,9H,7-8H2,1-2H3,(H,16,17)(H2,14,15,18). The van der Waals surface area contributed by atoms with Crippen molar-refractivity contribution in [3.8, 4) is 5.75 Å². The van der Waals surface area contributed by atoms with E-state index in [1.54, 1.807) is 31.4 Å². The van der Waals surface area contributed by atoms with E-state index >= 15 is 0 Å². The van der Waals surface area contributed by atoms with Gasteiger partial charge in [0.1, 0.15) is 5.75 Å². The Morgan fingerprint density at radius 3 is 2.70 bits per heavy atom.